The first-order valence-electron chi connectivity index (χ1n) is 17.3. The Kier molecular flexibility index (Phi) is 12.8. The zero-order valence-electron chi connectivity index (χ0n) is 30.3. The van der Waals surface area contributed by atoms with Crippen molar-refractivity contribution in [2.45, 2.75) is 91.7 Å². The van der Waals surface area contributed by atoms with Crippen LogP contribution in [0.1, 0.15) is 91.1 Å². The van der Waals surface area contributed by atoms with Gasteiger partial charge in [0.15, 0.2) is 0 Å². The molecule has 0 bridgehead atoms. The Hall–Kier alpha value is -4.27. The van der Waals surface area contributed by atoms with Crippen LogP contribution in [0.15, 0.2) is 35.3 Å². The summed E-state index contributed by atoms with van der Waals surface area (Å²) < 4.78 is 124. The maximum absolute atomic E-state index is 16.7. The van der Waals surface area contributed by atoms with E-state index in [0.29, 0.717) is 36.3 Å². The van der Waals surface area contributed by atoms with Crippen molar-refractivity contribution in [3.63, 3.8) is 0 Å². The maximum atomic E-state index is 16.7. The molecule has 0 radical (unpaired) electrons. The van der Waals surface area contributed by atoms with E-state index in [1.807, 2.05) is 4.90 Å². The Morgan fingerprint density at radius 1 is 0.906 bits per heavy atom. The van der Waals surface area contributed by atoms with Crippen LogP contribution in [0.2, 0.25) is 0 Å². The summed E-state index contributed by atoms with van der Waals surface area (Å²) in [5.41, 5.74) is -4.86. The number of esters is 1. The molecule has 1 aliphatic heterocycles. The van der Waals surface area contributed by atoms with Gasteiger partial charge in [-0.2, -0.15) is 26.3 Å². The summed E-state index contributed by atoms with van der Waals surface area (Å²) in [5, 5.41) is 2.29. The molecule has 0 aliphatic carbocycles. The minimum Gasteiger partial charge on any atom is -0.466 e. The van der Waals surface area contributed by atoms with Crippen LogP contribution in [0.5, 0.6) is 0 Å². The Balaban J connectivity index is 1.91. The highest BCUT2D eigenvalue weighted by Gasteiger charge is 2.41. The summed E-state index contributed by atoms with van der Waals surface area (Å²) in [4.78, 5) is 42.2. The molecule has 2 heterocycles. The fourth-order valence-electron chi connectivity index (χ4n) is 6.81. The highest BCUT2D eigenvalue weighted by atomic mass is 19.4. The standard InChI is InChI=1S/C38H43F8N3O4/c1-7-53-31(51)18-28(33-34(39)25(16-27(35(33)40)38(44,45)46)32-22(5)14-21(4)15-23(32)6)47-36(52)29(13-20(2)3)49-19-24(9-12-48-10-8-11-48)26(17-30(49)50)37(41,42)43/h14-17,19-20,28-29H,7-13,18H2,1-6H3,(H,47,52). The first-order chi connectivity index (χ1) is 24.6. The van der Waals surface area contributed by atoms with Gasteiger partial charge in [0.1, 0.15) is 17.7 Å². The van der Waals surface area contributed by atoms with Crippen molar-refractivity contribution in [1.82, 2.24) is 14.8 Å². The number of amides is 1. The van der Waals surface area contributed by atoms with Crippen molar-refractivity contribution in [1.29, 1.82) is 0 Å². The van der Waals surface area contributed by atoms with Crippen LogP contribution in [-0.2, 0) is 33.1 Å². The second-order valence-electron chi connectivity index (χ2n) is 13.9. The average Bonchev–Trinajstić information content (AvgIpc) is 2.99. The molecular weight excluding hydrogens is 714 g/mol. The van der Waals surface area contributed by atoms with Gasteiger partial charge in [-0.25, -0.2) is 8.78 Å². The zero-order chi connectivity index (χ0) is 39.6. The summed E-state index contributed by atoms with van der Waals surface area (Å²) in [6.07, 6.45) is -9.72. The quantitative estimate of drug-likeness (QED) is 0.140. The second-order valence-corrected chi connectivity index (χ2v) is 13.9. The lowest BCUT2D eigenvalue weighted by Crippen LogP contribution is -2.41. The minimum absolute atomic E-state index is 0.0424. The molecule has 2 atom stereocenters. The number of benzene rings is 2. The van der Waals surface area contributed by atoms with E-state index in [9.17, 15) is 40.7 Å². The van der Waals surface area contributed by atoms with Crippen molar-refractivity contribution >= 4 is 11.9 Å². The number of likely N-dealkylation sites (tertiary alicyclic amines) is 1. The van der Waals surface area contributed by atoms with E-state index in [-0.39, 0.29) is 43.0 Å². The topological polar surface area (TPSA) is 80.6 Å². The van der Waals surface area contributed by atoms with Crippen molar-refractivity contribution in [2.75, 3.05) is 26.2 Å². The number of halogens is 8. The number of nitrogens with one attached hydrogen (secondary N) is 1. The zero-order valence-corrected chi connectivity index (χ0v) is 30.3. The number of nitrogens with zero attached hydrogens (tertiary/aromatic N) is 2. The predicted molar refractivity (Wildman–Crippen MR) is 182 cm³/mol. The molecule has 1 amide bonds. The van der Waals surface area contributed by atoms with E-state index in [2.05, 4.69) is 5.32 Å². The number of alkyl halides is 6. The summed E-state index contributed by atoms with van der Waals surface area (Å²) >= 11 is 0. The fourth-order valence-corrected chi connectivity index (χ4v) is 6.81. The maximum Gasteiger partial charge on any atom is 0.419 e. The van der Waals surface area contributed by atoms with Gasteiger partial charge >= 0.3 is 18.3 Å². The van der Waals surface area contributed by atoms with Crippen LogP contribution in [0.25, 0.3) is 11.1 Å². The normalized spacial score (nSPS) is 14.9. The van der Waals surface area contributed by atoms with Gasteiger partial charge in [-0.3, -0.25) is 14.4 Å². The van der Waals surface area contributed by atoms with Gasteiger partial charge in [-0.15, -0.1) is 0 Å². The smallest absolute Gasteiger partial charge is 0.419 e. The largest absolute Gasteiger partial charge is 0.466 e. The molecule has 1 aromatic heterocycles. The predicted octanol–water partition coefficient (Wildman–Crippen LogP) is 8.40. The number of pyridine rings is 1. The van der Waals surface area contributed by atoms with Crippen LogP contribution in [-0.4, -0.2) is 47.6 Å². The van der Waals surface area contributed by atoms with Crippen molar-refractivity contribution < 1.29 is 49.4 Å². The third kappa shape index (κ3) is 9.64. The van der Waals surface area contributed by atoms with Crippen LogP contribution >= 0.6 is 0 Å². The third-order valence-corrected chi connectivity index (χ3v) is 9.28. The Morgan fingerprint density at radius 3 is 2.02 bits per heavy atom. The van der Waals surface area contributed by atoms with Crippen molar-refractivity contribution in [2.24, 2.45) is 5.92 Å². The van der Waals surface area contributed by atoms with E-state index < -0.39 is 82.2 Å². The third-order valence-electron chi connectivity index (χ3n) is 9.28. The summed E-state index contributed by atoms with van der Waals surface area (Å²) in [6, 6.07) is 0.243. The van der Waals surface area contributed by atoms with Crippen LogP contribution in [0.3, 0.4) is 0 Å². The lowest BCUT2D eigenvalue weighted by Gasteiger charge is -2.31. The molecular formula is C38H43F8N3O4. The monoisotopic (exact) mass is 757 g/mol. The summed E-state index contributed by atoms with van der Waals surface area (Å²) in [6.45, 7) is 11.0. The van der Waals surface area contributed by atoms with Crippen LogP contribution in [0.4, 0.5) is 35.1 Å². The molecule has 15 heteroatoms. The van der Waals surface area contributed by atoms with Gasteiger partial charge in [0.2, 0.25) is 5.91 Å². The molecule has 53 heavy (non-hydrogen) atoms. The van der Waals surface area contributed by atoms with Crippen molar-refractivity contribution in [3.05, 3.63) is 91.4 Å². The van der Waals surface area contributed by atoms with Gasteiger partial charge in [0.05, 0.1) is 30.2 Å². The van der Waals surface area contributed by atoms with Crippen LogP contribution in [0, 0.1) is 38.3 Å². The van der Waals surface area contributed by atoms with Crippen LogP contribution < -0.4 is 10.9 Å². The number of rotatable bonds is 13. The Morgan fingerprint density at radius 2 is 1.51 bits per heavy atom. The second kappa shape index (κ2) is 16.4. The molecule has 2 unspecified atom stereocenters. The van der Waals surface area contributed by atoms with E-state index in [1.54, 1.807) is 46.8 Å². The molecule has 7 nitrogen and oxygen atoms in total. The van der Waals surface area contributed by atoms with Gasteiger partial charge in [-0.1, -0.05) is 31.5 Å². The molecule has 1 fully saturated rings. The highest BCUT2D eigenvalue weighted by Crippen LogP contribution is 2.42. The molecule has 1 N–H and O–H groups in total. The first-order valence-corrected chi connectivity index (χ1v) is 17.3. The molecule has 0 spiro atoms. The fraction of sp³-hybridized carbons (Fsp3) is 0.500. The minimum atomic E-state index is -5.34. The lowest BCUT2D eigenvalue weighted by atomic mass is 9.88. The molecule has 1 aliphatic rings. The molecule has 4 rings (SSSR count). The Labute approximate surface area is 302 Å². The summed E-state index contributed by atoms with van der Waals surface area (Å²) in [7, 11) is 0. The van der Waals surface area contributed by atoms with Gasteiger partial charge in [-0.05, 0) is 94.3 Å². The van der Waals surface area contributed by atoms with E-state index >= 15 is 8.78 Å². The van der Waals surface area contributed by atoms with E-state index in [4.69, 9.17) is 4.74 Å². The average molecular weight is 758 g/mol. The van der Waals surface area contributed by atoms with E-state index in [1.165, 1.54) is 6.92 Å². The van der Waals surface area contributed by atoms with Gasteiger partial charge in [0, 0.05) is 29.9 Å². The Bertz CT molecular complexity index is 1870. The molecule has 290 valence electrons. The molecule has 1 saturated heterocycles. The number of aromatic nitrogens is 1. The number of aryl methyl sites for hydroxylation is 3. The van der Waals surface area contributed by atoms with Crippen molar-refractivity contribution in [3.8, 4) is 11.1 Å². The summed E-state index contributed by atoms with van der Waals surface area (Å²) in [5.74, 6) is -6.20. The van der Waals surface area contributed by atoms with Gasteiger partial charge < -0.3 is 19.5 Å². The highest BCUT2D eigenvalue weighted by molar-refractivity contribution is 5.82. The number of hydrogen-bond donors (Lipinski definition) is 1. The van der Waals surface area contributed by atoms with E-state index in [0.717, 1.165) is 22.7 Å². The number of hydrogen-bond acceptors (Lipinski definition) is 5. The number of ether oxygens (including phenoxy) is 1. The lowest BCUT2D eigenvalue weighted by molar-refractivity contribution is -0.144. The molecule has 0 saturated carbocycles. The number of carbonyl (C=O) groups excluding carboxylic acids is 2. The SMILES string of the molecule is CCOC(=O)CC(NC(=O)C(CC(C)C)n1cc(CCN2CCC2)c(C(F)(F)F)cc1=O)c1c(F)c(-c2c(C)cc(C)cc2C)cc(C(F)(F)F)c1F. The number of carbonyl (C=O) groups is 2. The first kappa shape index (κ1) is 41.5. The molecule has 2 aromatic carbocycles. The van der Waals surface area contributed by atoms with Gasteiger partial charge in [0.25, 0.3) is 5.56 Å². The molecule has 3 aromatic rings.